The Kier molecular flexibility index (Phi) is 6.27. The maximum Gasteiger partial charge on any atom is 0.280 e. The average molecular weight is 416 g/mol. The van der Waals surface area contributed by atoms with E-state index in [-0.39, 0.29) is 17.3 Å². The minimum absolute atomic E-state index is 0.176. The number of hydrogen-bond acceptors (Lipinski definition) is 6. The number of para-hydroxylation sites is 1. The molecule has 3 aromatic rings. The van der Waals surface area contributed by atoms with Gasteiger partial charge in [0, 0.05) is 17.7 Å². The molecule has 0 radical (unpaired) electrons. The summed E-state index contributed by atoms with van der Waals surface area (Å²) in [6.07, 6.45) is 0. The molecule has 0 bridgehead atoms. The van der Waals surface area contributed by atoms with E-state index in [4.69, 9.17) is 0 Å². The van der Waals surface area contributed by atoms with Crippen LogP contribution in [0.5, 0.6) is 0 Å². The molecule has 1 amide bonds. The molecule has 31 heavy (non-hydrogen) atoms. The van der Waals surface area contributed by atoms with Crippen LogP contribution in [-0.2, 0) is 4.79 Å². The summed E-state index contributed by atoms with van der Waals surface area (Å²) in [6.45, 7) is 3.85. The first-order chi connectivity index (χ1) is 14.9. The molecule has 0 saturated heterocycles. The highest BCUT2D eigenvalue weighted by molar-refractivity contribution is 6.35. The van der Waals surface area contributed by atoms with E-state index in [9.17, 15) is 25.0 Å². The Morgan fingerprint density at radius 2 is 1.29 bits per heavy atom. The third-order valence-corrected chi connectivity index (χ3v) is 4.24. The van der Waals surface area contributed by atoms with Crippen LogP contribution in [0.15, 0.2) is 102 Å². The first kappa shape index (κ1) is 21.1. The van der Waals surface area contributed by atoms with Crippen molar-refractivity contribution in [3.05, 3.63) is 123 Å². The summed E-state index contributed by atoms with van der Waals surface area (Å²) in [4.78, 5) is 31.2. The zero-order chi connectivity index (χ0) is 22.4. The number of benzene rings is 3. The topological polar surface area (TPSA) is 119 Å². The van der Waals surface area contributed by atoms with Crippen LogP contribution in [0.2, 0.25) is 0 Å². The number of rotatable bonds is 4. The Hall–Kier alpha value is -4.66. The number of carbonyl (C=O) groups excluding carboxylic acids is 1. The van der Waals surface area contributed by atoms with E-state index < -0.39 is 9.85 Å². The third-order valence-electron chi connectivity index (χ3n) is 4.24. The third kappa shape index (κ3) is 4.85. The summed E-state index contributed by atoms with van der Waals surface area (Å²) in [5.74, 6) is -0.176. The summed E-state index contributed by atoms with van der Waals surface area (Å²) in [5, 5.41) is 26.1. The Balaban J connectivity index is 0.000000196. The van der Waals surface area contributed by atoms with Crippen molar-refractivity contribution < 1.29 is 14.6 Å². The molecule has 0 unspecified atom stereocenters. The van der Waals surface area contributed by atoms with E-state index in [1.54, 1.807) is 0 Å². The Labute approximate surface area is 176 Å². The molecule has 0 spiro atoms. The van der Waals surface area contributed by atoms with Crippen molar-refractivity contribution in [2.45, 2.75) is 0 Å². The fourth-order valence-electron chi connectivity index (χ4n) is 2.73. The molecule has 4 rings (SSSR count). The zero-order valence-electron chi connectivity index (χ0n) is 16.1. The Morgan fingerprint density at radius 3 is 1.81 bits per heavy atom. The molecule has 0 aromatic heterocycles. The van der Waals surface area contributed by atoms with Crippen LogP contribution in [0.1, 0.15) is 5.56 Å². The van der Waals surface area contributed by atoms with Gasteiger partial charge in [-0.15, -0.1) is 0 Å². The van der Waals surface area contributed by atoms with Crippen molar-refractivity contribution in [2.75, 3.05) is 5.01 Å². The molecule has 9 heteroatoms. The van der Waals surface area contributed by atoms with Crippen molar-refractivity contribution in [3.63, 3.8) is 0 Å². The summed E-state index contributed by atoms with van der Waals surface area (Å²) in [7, 11) is 0. The first-order valence-corrected chi connectivity index (χ1v) is 9.00. The predicted octanol–water partition coefficient (Wildman–Crippen LogP) is 4.50. The van der Waals surface area contributed by atoms with Gasteiger partial charge in [-0.1, -0.05) is 55.1 Å². The lowest BCUT2D eigenvalue weighted by atomic mass is 10.0. The molecular formula is C22H16N4O5. The Morgan fingerprint density at radius 1 is 0.774 bits per heavy atom. The molecule has 0 saturated carbocycles. The van der Waals surface area contributed by atoms with Crippen molar-refractivity contribution in [2.24, 2.45) is 5.10 Å². The van der Waals surface area contributed by atoms with Gasteiger partial charge in [-0.2, -0.15) is 10.1 Å². The number of nitro benzene ring substituents is 2. The van der Waals surface area contributed by atoms with E-state index in [0.717, 1.165) is 17.3 Å². The van der Waals surface area contributed by atoms with E-state index in [0.29, 0.717) is 11.3 Å². The minimum atomic E-state index is -0.674. The van der Waals surface area contributed by atoms with Crippen LogP contribution < -0.4 is 5.01 Å². The molecule has 0 aliphatic carbocycles. The Bertz CT molecular complexity index is 1150. The van der Waals surface area contributed by atoms with Gasteiger partial charge < -0.3 is 0 Å². The number of non-ortho nitro benzene ring substituents is 2. The minimum Gasteiger partial charge on any atom is -0.267 e. The molecule has 9 nitrogen and oxygen atoms in total. The highest BCUT2D eigenvalue weighted by Crippen LogP contribution is 2.25. The van der Waals surface area contributed by atoms with Crippen LogP contribution in [0.3, 0.4) is 0 Å². The van der Waals surface area contributed by atoms with E-state index in [1.807, 2.05) is 60.7 Å². The van der Waals surface area contributed by atoms with Crippen LogP contribution in [0.4, 0.5) is 17.1 Å². The highest BCUT2D eigenvalue weighted by atomic mass is 16.6. The van der Waals surface area contributed by atoms with Gasteiger partial charge >= 0.3 is 0 Å². The lowest BCUT2D eigenvalue weighted by Crippen LogP contribution is -2.20. The highest BCUT2D eigenvalue weighted by Gasteiger charge is 2.30. The molecule has 1 aliphatic rings. The van der Waals surface area contributed by atoms with Crippen molar-refractivity contribution in [1.29, 1.82) is 0 Å². The second-order valence-corrected chi connectivity index (χ2v) is 6.28. The van der Waals surface area contributed by atoms with Crippen LogP contribution in [0.25, 0.3) is 0 Å². The van der Waals surface area contributed by atoms with E-state index in [1.165, 1.54) is 23.2 Å². The van der Waals surface area contributed by atoms with Crippen molar-refractivity contribution >= 4 is 28.7 Å². The summed E-state index contributed by atoms with van der Waals surface area (Å²) in [5.41, 5.74) is 2.16. The molecular weight excluding hydrogens is 400 g/mol. The molecule has 0 fully saturated rings. The number of amides is 1. The van der Waals surface area contributed by atoms with Gasteiger partial charge in [0.1, 0.15) is 5.71 Å². The fraction of sp³-hybridized carbons (Fsp3) is 0. The maximum atomic E-state index is 12.2. The number of hydrazone groups is 1. The quantitative estimate of drug-likeness (QED) is 0.352. The van der Waals surface area contributed by atoms with Gasteiger partial charge in [-0.25, -0.2) is 0 Å². The van der Waals surface area contributed by atoms with Gasteiger partial charge in [-0.05, 0) is 18.2 Å². The predicted molar refractivity (Wildman–Crippen MR) is 116 cm³/mol. The SMILES string of the molecule is C=C1C(=O)N(c2ccccc2)N=C1c1ccccc1.O=[N+]([O-])c1cccc([N+](=O)[O-])c1. The summed E-state index contributed by atoms with van der Waals surface area (Å²) >= 11 is 0. The number of nitrogens with zero attached hydrogens (tertiary/aromatic N) is 4. The monoisotopic (exact) mass is 416 g/mol. The lowest BCUT2D eigenvalue weighted by Gasteiger charge is -2.10. The van der Waals surface area contributed by atoms with E-state index >= 15 is 0 Å². The molecule has 0 N–H and O–H groups in total. The smallest absolute Gasteiger partial charge is 0.267 e. The molecule has 1 heterocycles. The average Bonchev–Trinajstić information content (AvgIpc) is 3.10. The van der Waals surface area contributed by atoms with Crippen LogP contribution in [-0.4, -0.2) is 21.5 Å². The second kappa shape index (κ2) is 9.23. The summed E-state index contributed by atoms with van der Waals surface area (Å²) < 4.78 is 0. The van der Waals surface area contributed by atoms with Gasteiger partial charge in [0.2, 0.25) is 0 Å². The van der Waals surface area contributed by atoms with Gasteiger partial charge in [0.05, 0.1) is 27.2 Å². The molecule has 1 aliphatic heterocycles. The first-order valence-electron chi connectivity index (χ1n) is 9.00. The standard InChI is InChI=1S/C16H12N2O.C6H4N2O4/c1-12-15(13-8-4-2-5-9-13)17-18(16(12)19)14-10-6-3-7-11-14;9-7(10)5-2-1-3-6(4-5)8(11)12/h2-11H,1H2;1-4H. The summed E-state index contributed by atoms with van der Waals surface area (Å²) in [6, 6.07) is 23.6. The number of hydrogen-bond donors (Lipinski definition) is 0. The van der Waals surface area contributed by atoms with Crippen molar-refractivity contribution in [1.82, 2.24) is 0 Å². The van der Waals surface area contributed by atoms with Crippen LogP contribution >= 0.6 is 0 Å². The fourth-order valence-corrected chi connectivity index (χ4v) is 2.73. The maximum absolute atomic E-state index is 12.2. The number of carbonyl (C=O) groups is 1. The largest absolute Gasteiger partial charge is 0.280 e. The van der Waals surface area contributed by atoms with E-state index in [2.05, 4.69) is 11.7 Å². The number of anilines is 1. The normalized spacial score (nSPS) is 12.6. The second-order valence-electron chi connectivity index (χ2n) is 6.28. The molecule has 154 valence electrons. The van der Waals surface area contributed by atoms with Crippen molar-refractivity contribution in [3.8, 4) is 0 Å². The zero-order valence-corrected chi connectivity index (χ0v) is 16.1. The van der Waals surface area contributed by atoms with Gasteiger partial charge in [0.25, 0.3) is 17.3 Å². The van der Waals surface area contributed by atoms with Crippen LogP contribution in [0, 0.1) is 20.2 Å². The van der Waals surface area contributed by atoms with Gasteiger partial charge in [-0.3, -0.25) is 25.0 Å². The van der Waals surface area contributed by atoms with Gasteiger partial charge in [0.15, 0.2) is 0 Å². The molecule has 0 atom stereocenters. The lowest BCUT2D eigenvalue weighted by molar-refractivity contribution is -0.394. The molecule has 3 aromatic carbocycles. The number of nitro groups is 2.